The Bertz CT molecular complexity index is 362. The molecule has 1 saturated heterocycles. The summed E-state index contributed by atoms with van der Waals surface area (Å²) in [4.78, 5) is 22.0. The topological polar surface area (TPSA) is 157 Å². The molecule has 1 rings (SSSR count). The fourth-order valence-electron chi connectivity index (χ4n) is 2.11. The van der Waals surface area contributed by atoms with Gasteiger partial charge in [-0.2, -0.15) is 0 Å². The molecule has 0 bridgehead atoms. The lowest BCUT2D eigenvalue weighted by Crippen LogP contribution is -2.63. The third kappa shape index (κ3) is 3.87. The van der Waals surface area contributed by atoms with Gasteiger partial charge in [-0.25, -0.2) is 4.79 Å². The Morgan fingerprint density at radius 3 is 2.45 bits per heavy atom. The molecule has 0 spiro atoms. The summed E-state index contributed by atoms with van der Waals surface area (Å²) in [6.45, 7) is 0.406. The zero-order chi connectivity index (χ0) is 15.4. The zero-order valence-corrected chi connectivity index (χ0v) is 10.8. The first-order valence-corrected chi connectivity index (χ1v) is 6.08. The van der Waals surface area contributed by atoms with Crippen LogP contribution in [0.3, 0.4) is 0 Å². The van der Waals surface area contributed by atoms with Crippen LogP contribution in [-0.4, -0.2) is 80.6 Å². The Hall–Kier alpha value is -1.26. The number of hydrogen-bond acceptors (Lipinski definition) is 7. The number of carboxylic acid groups (broad SMARTS) is 1. The van der Waals surface area contributed by atoms with E-state index in [4.69, 9.17) is 14.9 Å². The van der Waals surface area contributed by atoms with Crippen LogP contribution in [-0.2, 0) is 14.3 Å². The fraction of sp³-hybridized carbons (Fsp3) is 0.818. The molecule has 0 aromatic carbocycles. The maximum absolute atomic E-state index is 11.1. The summed E-state index contributed by atoms with van der Waals surface area (Å²) in [6.07, 6.45) is -7.51. The molecule has 9 heteroatoms. The van der Waals surface area contributed by atoms with Crippen LogP contribution >= 0.6 is 0 Å². The van der Waals surface area contributed by atoms with Gasteiger partial charge in [-0.1, -0.05) is 0 Å². The van der Waals surface area contributed by atoms with Crippen molar-refractivity contribution in [2.45, 2.75) is 49.9 Å². The van der Waals surface area contributed by atoms with Gasteiger partial charge in [-0.15, -0.1) is 0 Å². The van der Waals surface area contributed by atoms with Gasteiger partial charge in [0.2, 0.25) is 5.91 Å². The van der Waals surface area contributed by atoms with Gasteiger partial charge >= 0.3 is 5.97 Å². The number of nitrogens with one attached hydrogen (secondary N) is 1. The van der Waals surface area contributed by atoms with Crippen LogP contribution in [0.5, 0.6) is 0 Å². The number of carbonyl (C=O) groups is 2. The van der Waals surface area contributed by atoms with Gasteiger partial charge < -0.3 is 35.6 Å². The fourth-order valence-corrected chi connectivity index (χ4v) is 2.11. The minimum atomic E-state index is -1.66. The highest BCUT2D eigenvalue weighted by Crippen LogP contribution is 2.24. The van der Waals surface area contributed by atoms with Gasteiger partial charge in [0.05, 0.1) is 18.8 Å². The molecule has 9 nitrogen and oxygen atoms in total. The largest absolute Gasteiger partial charge is 0.479 e. The Balaban J connectivity index is 2.94. The molecule has 0 aromatic heterocycles. The molecule has 1 heterocycles. The standard InChI is InChI=1S/C11H19NO8/c1-4(14)12-8-5(15)2-7(11(18)19)20-10(8)9(17)6(16)3-13/h5-10,13,15-17H,2-3H2,1H3,(H,12,14)(H,18,19). The van der Waals surface area contributed by atoms with E-state index >= 15 is 0 Å². The monoisotopic (exact) mass is 293 g/mol. The minimum absolute atomic E-state index is 0.265. The first-order valence-electron chi connectivity index (χ1n) is 6.08. The summed E-state index contributed by atoms with van der Waals surface area (Å²) in [6, 6.07) is -1.08. The average Bonchev–Trinajstić information content (AvgIpc) is 2.38. The molecule has 1 fully saturated rings. The van der Waals surface area contributed by atoms with Crippen LogP contribution < -0.4 is 5.32 Å². The molecule has 6 N–H and O–H groups in total. The minimum Gasteiger partial charge on any atom is -0.479 e. The number of aliphatic carboxylic acids is 1. The third-order valence-corrected chi connectivity index (χ3v) is 3.11. The number of ether oxygens (including phenoxy) is 1. The zero-order valence-electron chi connectivity index (χ0n) is 10.8. The molecule has 1 amide bonds. The molecule has 1 aliphatic rings. The summed E-state index contributed by atoms with van der Waals surface area (Å²) < 4.78 is 5.12. The van der Waals surface area contributed by atoms with Crippen LogP contribution in [0.2, 0.25) is 0 Å². The Morgan fingerprint density at radius 1 is 1.40 bits per heavy atom. The van der Waals surface area contributed by atoms with Crippen LogP contribution in [0.4, 0.5) is 0 Å². The molecule has 1 aliphatic heterocycles. The summed E-state index contributed by atoms with van der Waals surface area (Å²) in [5.41, 5.74) is 0. The molecule has 116 valence electrons. The SMILES string of the molecule is CC(=O)NC1C(O)CC(C(=O)O)OC1C(O)C(O)CO. The van der Waals surface area contributed by atoms with Gasteiger partial charge in [-0.05, 0) is 0 Å². The van der Waals surface area contributed by atoms with Gasteiger partial charge in [0.1, 0.15) is 18.3 Å². The summed E-state index contributed by atoms with van der Waals surface area (Å²) in [5, 5.41) is 49.2. The van der Waals surface area contributed by atoms with Crippen molar-refractivity contribution in [1.82, 2.24) is 5.32 Å². The third-order valence-electron chi connectivity index (χ3n) is 3.11. The van der Waals surface area contributed by atoms with E-state index < -0.39 is 55.0 Å². The number of carbonyl (C=O) groups excluding carboxylic acids is 1. The lowest BCUT2D eigenvalue weighted by molar-refractivity contribution is -0.195. The Morgan fingerprint density at radius 2 is 2.00 bits per heavy atom. The highest BCUT2D eigenvalue weighted by atomic mass is 16.5. The lowest BCUT2D eigenvalue weighted by Gasteiger charge is -2.41. The second-order valence-corrected chi connectivity index (χ2v) is 4.70. The van der Waals surface area contributed by atoms with E-state index in [2.05, 4.69) is 5.32 Å². The second-order valence-electron chi connectivity index (χ2n) is 4.70. The molecule has 0 saturated carbocycles. The smallest absolute Gasteiger partial charge is 0.332 e. The molecule has 0 radical (unpaired) electrons. The van der Waals surface area contributed by atoms with E-state index in [-0.39, 0.29) is 6.42 Å². The van der Waals surface area contributed by atoms with Gasteiger partial charge in [0.15, 0.2) is 6.10 Å². The van der Waals surface area contributed by atoms with E-state index in [0.717, 1.165) is 0 Å². The first-order chi connectivity index (χ1) is 9.27. The molecular weight excluding hydrogens is 274 g/mol. The van der Waals surface area contributed by atoms with E-state index in [1.54, 1.807) is 0 Å². The second kappa shape index (κ2) is 6.95. The summed E-state index contributed by atoms with van der Waals surface area (Å²) in [7, 11) is 0. The maximum atomic E-state index is 11.1. The normalized spacial score (nSPS) is 33.2. The van der Waals surface area contributed by atoms with Crippen molar-refractivity contribution >= 4 is 11.9 Å². The number of aliphatic hydroxyl groups excluding tert-OH is 4. The molecule has 20 heavy (non-hydrogen) atoms. The number of amides is 1. The van der Waals surface area contributed by atoms with E-state index in [0.29, 0.717) is 0 Å². The Kier molecular flexibility index (Phi) is 5.84. The molecule has 6 unspecified atom stereocenters. The number of rotatable bonds is 5. The molecule has 0 aliphatic carbocycles. The van der Waals surface area contributed by atoms with Crippen molar-refractivity contribution in [3.63, 3.8) is 0 Å². The van der Waals surface area contributed by atoms with Gasteiger partial charge in [-0.3, -0.25) is 4.79 Å². The predicted octanol–water partition coefficient (Wildman–Crippen LogP) is -3.19. The molecule has 6 atom stereocenters. The maximum Gasteiger partial charge on any atom is 0.332 e. The highest BCUT2D eigenvalue weighted by Gasteiger charge is 2.45. The molecular formula is C11H19NO8. The van der Waals surface area contributed by atoms with Gasteiger partial charge in [0.25, 0.3) is 0 Å². The van der Waals surface area contributed by atoms with Crippen LogP contribution in [0.15, 0.2) is 0 Å². The summed E-state index contributed by atoms with van der Waals surface area (Å²) in [5.74, 6) is -1.84. The van der Waals surface area contributed by atoms with E-state index in [1.807, 2.05) is 0 Å². The van der Waals surface area contributed by atoms with Crippen LogP contribution in [0, 0.1) is 0 Å². The number of aliphatic hydroxyl groups is 4. The van der Waals surface area contributed by atoms with Crippen molar-refractivity contribution in [3.05, 3.63) is 0 Å². The lowest BCUT2D eigenvalue weighted by atomic mass is 9.90. The number of carboxylic acids is 1. The average molecular weight is 293 g/mol. The summed E-state index contributed by atoms with van der Waals surface area (Å²) >= 11 is 0. The van der Waals surface area contributed by atoms with Crippen LogP contribution in [0.25, 0.3) is 0 Å². The van der Waals surface area contributed by atoms with Crippen molar-refractivity contribution in [1.29, 1.82) is 0 Å². The van der Waals surface area contributed by atoms with E-state index in [1.165, 1.54) is 6.92 Å². The molecule has 0 aromatic rings. The quantitative estimate of drug-likeness (QED) is 0.309. The van der Waals surface area contributed by atoms with E-state index in [9.17, 15) is 24.9 Å². The van der Waals surface area contributed by atoms with Crippen molar-refractivity contribution in [3.8, 4) is 0 Å². The van der Waals surface area contributed by atoms with Gasteiger partial charge in [0, 0.05) is 13.3 Å². The van der Waals surface area contributed by atoms with Crippen molar-refractivity contribution in [2.24, 2.45) is 0 Å². The highest BCUT2D eigenvalue weighted by molar-refractivity contribution is 5.74. The Labute approximate surface area is 114 Å². The van der Waals surface area contributed by atoms with Crippen molar-refractivity contribution in [2.75, 3.05) is 6.61 Å². The van der Waals surface area contributed by atoms with Crippen LogP contribution in [0.1, 0.15) is 13.3 Å². The first kappa shape index (κ1) is 16.8. The number of hydrogen-bond donors (Lipinski definition) is 6. The van der Waals surface area contributed by atoms with Crippen molar-refractivity contribution < 1.29 is 39.9 Å². The predicted molar refractivity (Wildman–Crippen MR) is 63.6 cm³/mol.